The van der Waals surface area contributed by atoms with Crippen molar-refractivity contribution in [3.05, 3.63) is 71.9 Å². The lowest BCUT2D eigenvalue weighted by Crippen LogP contribution is -2.28. The number of ether oxygens (including phenoxy) is 3. The van der Waals surface area contributed by atoms with Crippen LogP contribution < -0.4 is 4.74 Å². The highest BCUT2D eigenvalue weighted by Crippen LogP contribution is 2.23. The topological polar surface area (TPSA) is 57.7 Å². The molecule has 0 aliphatic carbocycles. The van der Waals surface area contributed by atoms with Crippen LogP contribution in [0.2, 0.25) is 0 Å². The molecular formula is C22H23NO4. The molecule has 140 valence electrons. The van der Waals surface area contributed by atoms with Crippen molar-refractivity contribution in [2.75, 3.05) is 13.7 Å². The molecule has 0 radical (unpaired) electrons. The van der Waals surface area contributed by atoms with Crippen molar-refractivity contribution in [1.29, 1.82) is 0 Å². The fraction of sp³-hybridized carbons (Fsp3) is 0.273. The van der Waals surface area contributed by atoms with Crippen LogP contribution in [0.25, 0.3) is 10.9 Å². The second kappa shape index (κ2) is 9.14. The lowest BCUT2D eigenvalue weighted by molar-refractivity contribution is -0.153. The maximum Gasteiger partial charge on any atom is 0.335 e. The van der Waals surface area contributed by atoms with Crippen LogP contribution in [0, 0.1) is 0 Å². The zero-order valence-electron chi connectivity index (χ0n) is 15.6. The molecule has 1 atom stereocenters. The van der Waals surface area contributed by atoms with E-state index >= 15 is 0 Å². The van der Waals surface area contributed by atoms with E-state index in [-0.39, 0.29) is 5.97 Å². The molecule has 0 saturated carbocycles. The van der Waals surface area contributed by atoms with Gasteiger partial charge in [0, 0.05) is 30.2 Å². The number of carbonyl (C=O) groups is 1. The van der Waals surface area contributed by atoms with E-state index in [1.807, 2.05) is 61.7 Å². The minimum atomic E-state index is -0.646. The number of nitrogens with zero attached hydrogens (tertiary/aromatic N) is 1. The number of para-hydroxylation sites is 2. The number of benzene rings is 2. The molecule has 2 aromatic carbocycles. The van der Waals surface area contributed by atoms with Gasteiger partial charge in [-0.15, -0.1) is 0 Å². The lowest BCUT2D eigenvalue weighted by atomic mass is 10.1. The number of fused-ring (bicyclic) bond motifs is 1. The van der Waals surface area contributed by atoms with E-state index < -0.39 is 6.10 Å². The van der Waals surface area contributed by atoms with Crippen LogP contribution in [-0.2, 0) is 27.3 Å². The monoisotopic (exact) mass is 365 g/mol. The molecule has 1 heterocycles. The number of carbonyl (C=O) groups excluding carboxylic acids is 1. The summed E-state index contributed by atoms with van der Waals surface area (Å²) in [6.07, 6.45) is 1.57. The van der Waals surface area contributed by atoms with E-state index in [2.05, 4.69) is 11.1 Å². The van der Waals surface area contributed by atoms with Gasteiger partial charge in [0.1, 0.15) is 12.4 Å². The van der Waals surface area contributed by atoms with Crippen LogP contribution in [-0.4, -0.2) is 30.8 Å². The number of hydrogen-bond donors (Lipinski definition) is 0. The average Bonchev–Trinajstić information content (AvgIpc) is 2.72. The van der Waals surface area contributed by atoms with E-state index in [1.54, 1.807) is 0 Å². The zero-order valence-corrected chi connectivity index (χ0v) is 15.6. The van der Waals surface area contributed by atoms with Crippen molar-refractivity contribution < 1.29 is 19.0 Å². The van der Waals surface area contributed by atoms with E-state index in [4.69, 9.17) is 14.2 Å². The predicted octanol–water partition coefficient (Wildman–Crippen LogP) is 3.93. The second-order valence-corrected chi connectivity index (χ2v) is 6.10. The second-order valence-electron chi connectivity index (χ2n) is 6.10. The quantitative estimate of drug-likeness (QED) is 0.566. The van der Waals surface area contributed by atoms with Gasteiger partial charge in [-0.25, -0.2) is 4.79 Å². The van der Waals surface area contributed by atoms with E-state index in [9.17, 15) is 4.79 Å². The van der Waals surface area contributed by atoms with E-state index in [0.717, 1.165) is 27.8 Å². The highest BCUT2D eigenvalue weighted by Gasteiger charge is 2.21. The Labute approximate surface area is 158 Å². The summed E-state index contributed by atoms with van der Waals surface area (Å²) in [4.78, 5) is 16.4. The van der Waals surface area contributed by atoms with Gasteiger partial charge >= 0.3 is 5.97 Å². The van der Waals surface area contributed by atoms with Crippen LogP contribution >= 0.6 is 0 Å². The standard InChI is InChI=1S/C22H23NO4/c1-3-26-21(22(24)25-2)13-18-9-5-7-11-20(18)27-15-16-12-17-8-4-6-10-19(17)23-14-16/h4-12,14,21H,3,13,15H2,1-2H3. The molecule has 0 N–H and O–H groups in total. The van der Waals surface area contributed by atoms with Crippen LogP contribution in [0.3, 0.4) is 0 Å². The molecule has 3 aromatic rings. The number of methoxy groups -OCH3 is 1. The normalized spacial score (nSPS) is 11.9. The molecule has 3 rings (SSSR count). The van der Waals surface area contributed by atoms with Gasteiger partial charge in [-0.2, -0.15) is 0 Å². The fourth-order valence-corrected chi connectivity index (χ4v) is 2.91. The Morgan fingerprint density at radius 1 is 1.11 bits per heavy atom. The molecule has 27 heavy (non-hydrogen) atoms. The molecule has 0 aliphatic rings. The summed E-state index contributed by atoms with van der Waals surface area (Å²) in [5.74, 6) is 0.338. The van der Waals surface area contributed by atoms with Gasteiger partial charge in [0.2, 0.25) is 0 Å². The highest BCUT2D eigenvalue weighted by atomic mass is 16.6. The lowest BCUT2D eigenvalue weighted by Gasteiger charge is -2.17. The number of esters is 1. The van der Waals surface area contributed by atoms with Gasteiger partial charge in [0.15, 0.2) is 6.10 Å². The van der Waals surface area contributed by atoms with Gasteiger partial charge in [0.05, 0.1) is 12.6 Å². The maximum absolute atomic E-state index is 11.9. The maximum atomic E-state index is 11.9. The third-order valence-electron chi connectivity index (χ3n) is 4.25. The molecule has 1 unspecified atom stereocenters. The van der Waals surface area contributed by atoms with Gasteiger partial charge in [-0.05, 0) is 30.7 Å². The predicted molar refractivity (Wildman–Crippen MR) is 104 cm³/mol. The van der Waals surface area contributed by atoms with Crippen LogP contribution in [0.1, 0.15) is 18.1 Å². The number of aromatic nitrogens is 1. The molecule has 0 saturated heterocycles. The minimum Gasteiger partial charge on any atom is -0.489 e. The first-order valence-electron chi connectivity index (χ1n) is 8.95. The van der Waals surface area contributed by atoms with Crippen LogP contribution in [0.5, 0.6) is 5.75 Å². The third kappa shape index (κ3) is 4.83. The van der Waals surface area contributed by atoms with E-state index in [0.29, 0.717) is 19.6 Å². The van der Waals surface area contributed by atoms with Crippen molar-refractivity contribution in [2.24, 2.45) is 0 Å². The molecule has 5 nitrogen and oxygen atoms in total. The Bertz CT molecular complexity index is 909. The van der Waals surface area contributed by atoms with Crippen LogP contribution in [0.15, 0.2) is 60.8 Å². The largest absolute Gasteiger partial charge is 0.489 e. The Balaban J connectivity index is 1.73. The third-order valence-corrected chi connectivity index (χ3v) is 4.25. The summed E-state index contributed by atoms with van der Waals surface area (Å²) >= 11 is 0. The average molecular weight is 365 g/mol. The molecule has 0 bridgehead atoms. The molecular weight excluding hydrogens is 342 g/mol. The Hall–Kier alpha value is -2.92. The molecule has 0 aliphatic heterocycles. The van der Waals surface area contributed by atoms with Crippen molar-refractivity contribution in [3.63, 3.8) is 0 Å². The van der Waals surface area contributed by atoms with Crippen molar-refractivity contribution in [3.8, 4) is 5.75 Å². The van der Waals surface area contributed by atoms with Gasteiger partial charge in [-0.3, -0.25) is 4.98 Å². The summed E-state index contributed by atoms with van der Waals surface area (Å²) in [5, 5.41) is 1.08. The molecule has 0 amide bonds. The van der Waals surface area contributed by atoms with Gasteiger partial charge < -0.3 is 14.2 Å². The molecule has 0 fully saturated rings. The summed E-state index contributed by atoms with van der Waals surface area (Å²) in [6, 6.07) is 17.7. The summed E-state index contributed by atoms with van der Waals surface area (Å²) in [7, 11) is 1.36. The molecule has 0 spiro atoms. The first-order valence-corrected chi connectivity index (χ1v) is 8.95. The summed E-state index contributed by atoms with van der Waals surface area (Å²) in [6.45, 7) is 2.68. The Morgan fingerprint density at radius 2 is 1.89 bits per heavy atom. The number of rotatable bonds is 8. The van der Waals surface area contributed by atoms with Crippen molar-refractivity contribution >= 4 is 16.9 Å². The SMILES string of the molecule is CCOC(Cc1ccccc1OCc1cnc2ccccc2c1)C(=O)OC. The number of hydrogen-bond acceptors (Lipinski definition) is 5. The minimum absolute atomic E-state index is 0.384. The van der Waals surface area contributed by atoms with Crippen molar-refractivity contribution in [2.45, 2.75) is 26.1 Å². The van der Waals surface area contributed by atoms with Gasteiger partial charge in [-0.1, -0.05) is 36.4 Å². The number of pyridine rings is 1. The molecule has 5 heteroatoms. The first-order chi connectivity index (χ1) is 13.2. The first kappa shape index (κ1) is 18.9. The Kier molecular flexibility index (Phi) is 6.39. The van der Waals surface area contributed by atoms with Crippen molar-refractivity contribution in [1.82, 2.24) is 4.98 Å². The zero-order chi connectivity index (χ0) is 19.1. The van der Waals surface area contributed by atoms with Gasteiger partial charge in [0.25, 0.3) is 0 Å². The highest BCUT2D eigenvalue weighted by molar-refractivity contribution is 5.78. The Morgan fingerprint density at radius 3 is 2.70 bits per heavy atom. The molecule has 1 aromatic heterocycles. The smallest absolute Gasteiger partial charge is 0.335 e. The van der Waals surface area contributed by atoms with Crippen LogP contribution in [0.4, 0.5) is 0 Å². The fourth-order valence-electron chi connectivity index (χ4n) is 2.91. The van der Waals surface area contributed by atoms with E-state index in [1.165, 1.54) is 7.11 Å². The summed E-state index contributed by atoms with van der Waals surface area (Å²) in [5.41, 5.74) is 2.84. The summed E-state index contributed by atoms with van der Waals surface area (Å²) < 4.78 is 16.4.